The summed E-state index contributed by atoms with van der Waals surface area (Å²) < 4.78 is 32.5. The Labute approximate surface area is 204 Å². The van der Waals surface area contributed by atoms with Crippen LogP contribution < -0.4 is 10.5 Å². The second kappa shape index (κ2) is 9.31. The molecule has 0 radical (unpaired) electrons. The van der Waals surface area contributed by atoms with Crippen LogP contribution in [0.3, 0.4) is 0 Å². The highest BCUT2D eigenvalue weighted by Gasteiger charge is 2.40. The lowest BCUT2D eigenvalue weighted by Crippen LogP contribution is -2.32. The van der Waals surface area contributed by atoms with Gasteiger partial charge in [-0.05, 0) is 54.8 Å². The molecule has 0 aliphatic carbocycles. The molecule has 1 saturated heterocycles. The van der Waals surface area contributed by atoms with Crippen molar-refractivity contribution in [2.45, 2.75) is 30.3 Å². The first kappa shape index (κ1) is 23.3. The fourth-order valence-electron chi connectivity index (χ4n) is 4.92. The van der Waals surface area contributed by atoms with Crippen molar-refractivity contribution in [1.29, 1.82) is 0 Å². The Morgan fingerprint density at radius 1 is 1.00 bits per heavy atom. The van der Waals surface area contributed by atoms with Gasteiger partial charge in [0.05, 0.1) is 11.1 Å². The zero-order valence-electron chi connectivity index (χ0n) is 19.2. The number of hydrogen-bond acceptors (Lipinski definition) is 6. The van der Waals surface area contributed by atoms with E-state index in [4.69, 9.17) is 10.5 Å². The number of hydrogen-bond donors (Lipinski definition) is 1. The Bertz CT molecular complexity index is 1410. The molecule has 2 amide bonds. The van der Waals surface area contributed by atoms with Gasteiger partial charge in [0.25, 0.3) is 21.8 Å². The molecule has 2 aliphatic rings. The maximum Gasteiger partial charge on any atom is 0.269 e. The van der Waals surface area contributed by atoms with Crippen LogP contribution >= 0.6 is 0 Å². The highest BCUT2D eigenvalue weighted by atomic mass is 32.2. The predicted octanol–water partition coefficient (Wildman–Crippen LogP) is 3.02. The number of benzene rings is 3. The quantitative estimate of drug-likeness (QED) is 0.483. The second-order valence-electron chi connectivity index (χ2n) is 8.94. The largest absolute Gasteiger partial charge is 0.488 e. The summed E-state index contributed by atoms with van der Waals surface area (Å²) in [6.45, 7) is 2.49. The number of likely N-dealkylation sites (tertiary alicyclic amines) is 1. The average Bonchev–Trinajstić information content (AvgIpc) is 3.37. The van der Waals surface area contributed by atoms with Crippen LogP contribution in [0.1, 0.15) is 40.0 Å². The number of nitrogens with two attached hydrogens (primary N) is 1. The van der Waals surface area contributed by atoms with Crippen molar-refractivity contribution in [3.8, 4) is 5.75 Å². The highest BCUT2D eigenvalue weighted by Crippen LogP contribution is 2.31. The smallest absolute Gasteiger partial charge is 0.269 e. The van der Waals surface area contributed by atoms with E-state index in [1.807, 2.05) is 30.3 Å². The number of carbonyl (C=O) groups is 2. The summed E-state index contributed by atoms with van der Waals surface area (Å²) in [4.78, 5) is 27.0. The highest BCUT2D eigenvalue weighted by molar-refractivity contribution is 7.90. The molecule has 3 aromatic rings. The number of amides is 2. The molecule has 35 heavy (non-hydrogen) atoms. The summed E-state index contributed by atoms with van der Waals surface area (Å²) in [7, 11) is -3.75. The molecule has 5 rings (SSSR count). The first-order valence-corrected chi connectivity index (χ1v) is 13.2. The van der Waals surface area contributed by atoms with E-state index in [0.717, 1.165) is 41.0 Å². The summed E-state index contributed by atoms with van der Waals surface area (Å²) in [6, 6.07) is 17.6. The van der Waals surface area contributed by atoms with Gasteiger partial charge in [-0.3, -0.25) is 14.5 Å². The molecule has 1 fully saturated rings. The van der Waals surface area contributed by atoms with Crippen LogP contribution in [-0.2, 0) is 10.0 Å². The van der Waals surface area contributed by atoms with E-state index in [0.29, 0.717) is 24.3 Å². The summed E-state index contributed by atoms with van der Waals surface area (Å²) in [5.74, 6) is -0.462. The van der Waals surface area contributed by atoms with Gasteiger partial charge in [0.2, 0.25) is 0 Å². The van der Waals surface area contributed by atoms with E-state index in [9.17, 15) is 18.0 Å². The number of fused-ring (bicyclic) bond motifs is 2. The van der Waals surface area contributed by atoms with Crippen LogP contribution in [0, 0.1) is 0 Å². The minimum atomic E-state index is -3.75. The van der Waals surface area contributed by atoms with Crippen molar-refractivity contribution in [1.82, 2.24) is 9.21 Å². The van der Waals surface area contributed by atoms with Crippen LogP contribution in [0.15, 0.2) is 65.6 Å². The van der Waals surface area contributed by atoms with Crippen molar-refractivity contribution >= 4 is 32.6 Å². The number of sulfonamides is 1. The van der Waals surface area contributed by atoms with Gasteiger partial charge in [0, 0.05) is 19.6 Å². The topological polar surface area (TPSA) is 110 Å². The molecule has 9 heteroatoms. The van der Waals surface area contributed by atoms with Crippen molar-refractivity contribution in [3.63, 3.8) is 0 Å². The van der Waals surface area contributed by atoms with Gasteiger partial charge in [-0.15, -0.1) is 0 Å². The lowest BCUT2D eigenvalue weighted by atomic mass is 10.0. The van der Waals surface area contributed by atoms with Gasteiger partial charge in [-0.25, -0.2) is 12.7 Å². The zero-order chi connectivity index (χ0) is 24.6. The van der Waals surface area contributed by atoms with Gasteiger partial charge in [0.15, 0.2) is 0 Å². The molecular formula is C26H27N3O5S. The monoisotopic (exact) mass is 493 g/mol. The van der Waals surface area contributed by atoms with Crippen LogP contribution in [0.5, 0.6) is 5.75 Å². The minimum absolute atomic E-state index is 0.0655. The molecule has 1 atom stereocenters. The number of ether oxygens (including phenoxy) is 1. The third-order valence-corrected chi connectivity index (χ3v) is 8.50. The Morgan fingerprint density at radius 3 is 2.54 bits per heavy atom. The molecule has 2 heterocycles. The van der Waals surface area contributed by atoms with Crippen LogP contribution in [0.25, 0.3) is 10.8 Å². The fourth-order valence-corrected chi connectivity index (χ4v) is 6.53. The number of nitrogens with zero attached hydrogens (tertiary/aromatic N) is 2. The van der Waals surface area contributed by atoms with Crippen molar-refractivity contribution in [2.24, 2.45) is 5.73 Å². The van der Waals surface area contributed by atoms with E-state index in [2.05, 4.69) is 4.90 Å². The first-order valence-electron chi connectivity index (χ1n) is 11.7. The van der Waals surface area contributed by atoms with Gasteiger partial charge in [-0.2, -0.15) is 0 Å². The van der Waals surface area contributed by atoms with E-state index in [1.165, 1.54) is 6.07 Å². The standard InChI is InChI=1S/C26H27N3O5S/c27-25(30)24-20-8-2-1-7-18(20)11-12-22(24)34-19-13-16-28(17-19)14-5-6-15-29-26(31)21-9-3-4-10-23(21)35(29,32)33/h1-4,7-12,19H,5-6,13-17H2,(H2,27,30). The third kappa shape index (κ3) is 4.37. The summed E-state index contributed by atoms with van der Waals surface area (Å²) in [6.07, 6.45) is 2.09. The summed E-state index contributed by atoms with van der Waals surface area (Å²) in [5, 5.41) is 1.71. The molecule has 3 aromatic carbocycles. The molecule has 0 spiro atoms. The van der Waals surface area contributed by atoms with Gasteiger partial charge in [-0.1, -0.05) is 42.5 Å². The molecular weight excluding hydrogens is 466 g/mol. The Hall–Kier alpha value is -3.43. The minimum Gasteiger partial charge on any atom is -0.488 e. The van der Waals surface area contributed by atoms with Crippen molar-refractivity contribution in [3.05, 3.63) is 71.8 Å². The van der Waals surface area contributed by atoms with Crippen LogP contribution in [-0.4, -0.2) is 61.7 Å². The number of rotatable bonds is 8. The van der Waals surface area contributed by atoms with Crippen molar-refractivity contribution < 1.29 is 22.7 Å². The molecule has 2 N–H and O–H groups in total. The maximum atomic E-state index is 12.7. The number of carbonyl (C=O) groups excluding carboxylic acids is 2. The predicted molar refractivity (Wildman–Crippen MR) is 132 cm³/mol. The summed E-state index contributed by atoms with van der Waals surface area (Å²) >= 11 is 0. The zero-order valence-corrected chi connectivity index (χ0v) is 20.0. The average molecular weight is 494 g/mol. The van der Waals surface area contributed by atoms with Crippen molar-refractivity contribution in [2.75, 3.05) is 26.2 Å². The molecule has 182 valence electrons. The normalized spacial score (nSPS) is 19.3. The molecule has 1 unspecified atom stereocenters. The fraction of sp³-hybridized carbons (Fsp3) is 0.308. The van der Waals surface area contributed by atoms with E-state index >= 15 is 0 Å². The van der Waals surface area contributed by atoms with Crippen LogP contribution in [0.4, 0.5) is 0 Å². The third-order valence-electron chi connectivity index (χ3n) is 6.66. The SMILES string of the molecule is NC(=O)c1c(OC2CCN(CCCCN3C(=O)c4ccccc4S3(=O)=O)C2)ccc2ccccc12. The van der Waals surface area contributed by atoms with Gasteiger partial charge in [0.1, 0.15) is 16.7 Å². The summed E-state index contributed by atoms with van der Waals surface area (Å²) in [5.41, 5.74) is 6.32. The van der Waals surface area contributed by atoms with Crippen LogP contribution in [0.2, 0.25) is 0 Å². The Balaban J connectivity index is 1.15. The molecule has 0 aromatic heterocycles. The number of primary amides is 1. The van der Waals surface area contributed by atoms with Gasteiger partial charge >= 0.3 is 0 Å². The molecule has 2 aliphatic heterocycles. The lowest BCUT2D eigenvalue weighted by Gasteiger charge is -2.19. The van der Waals surface area contributed by atoms with E-state index < -0.39 is 21.8 Å². The Morgan fingerprint density at radius 2 is 1.74 bits per heavy atom. The van der Waals surface area contributed by atoms with E-state index in [-0.39, 0.29) is 23.1 Å². The van der Waals surface area contributed by atoms with E-state index in [1.54, 1.807) is 24.3 Å². The number of unbranched alkanes of at least 4 members (excludes halogenated alkanes) is 1. The Kier molecular flexibility index (Phi) is 6.21. The second-order valence-corrected chi connectivity index (χ2v) is 10.8. The lowest BCUT2D eigenvalue weighted by molar-refractivity contribution is 0.0868. The van der Waals surface area contributed by atoms with Gasteiger partial charge < -0.3 is 10.5 Å². The molecule has 8 nitrogen and oxygen atoms in total. The first-order chi connectivity index (χ1) is 16.9. The molecule has 0 saturated carbocycles. The molecule has 0 bridgehead atoms. The maximum absolute atomic E-state index is 12.7.